The molecule has 3 nitrogen and oxygen atoms in total. The lowest BCUT2D eigenvalue weighted by Gasteiger charge is -2.12. The molecule has 0 aromatic rings. The second kappa shape index (κ2) is 4.11. The van der Waals surface area contributed by atoms with E-state index in [1.807, 2.05) is 0 Å². The Bertz CT molecular complexity index is 163. The molecular weight excluding hydrogens is 144 g/mol. The van der Waals surface area contributed by atoms with Gasteiger partial charge in [0.15, 0.2) is 0 Å². The van der Waals surface area contributed by atoms with E-state index >= 15 is 0 Å². The van der Waals surface area contributed by atoms with Gasteiger partial charge in [-0.2, -0.15) is 0 Å². The predicted octanol–water partition coefficient (Wildman–Crippen LogP) is 1.32. The van der Waals surface area contributed by atoms with Gasteiger partial charge in [0.1, 0.15) is 5.78 Å². The summed E-state index contributed by atoms with van der Waals surface area (Å²) in [7, 11) is 0. The van der Waals surface area contributed by atoms with Crippen molar-refractivity contribution in [1.82, 2.24) is 0 Å². The van der Waals surface area contributed by atoms with Crippen LogP contribution in [0.2, 0.25) is 0 Å². The number of carbonyl (C=O) groups excluding carboxylic acids is 1. The molecule has 0 saturated carbocycles. The van der Waals surface area contributed by atoms with Crippen LogP contribution in [0.15, 0.2) is 0 Å². The van der Waals surface area contributed by atoms with Gasteiger partial charge < -0.3 is 5.11 Å². The van der Waals surface area contributed by atoms with Crippen LogP contribution in [0.1, 0.15) is 27.2 Å². The second-order valence-electron chi connectivity index (χ2n) is 2.74. The Balaban J connectivity index is 4.12. The van der Waals surface area contributed by atoms with Gasteiger partial charge in [-0.15, -0.1) is 0 Å². The molecule has 1 N–H and O–H groups in total. The van der Waals surface area contributed by atoms with E-state index in [1.165, 1.54) is 0 Å². The highest BCUT2D eigenvalue weighted by Crippen LogP contribution is 2.13. The summed E-state index contributed by atoms with van der Waals surface area (Å²) in [6.45, 7) is 4.96. The number of rotatable bonds is 4. The third-order valence-electron chi connectivity index (χ3n) is 2.00. The number of hydrogen-bond donors (Lipinski definition) is 1. The minimum Gasteiger partial charge on any atom is -0.481 e. The lowest BCUT2D eigenvalue weighted by Crippen LogP contribution is -2.24. The Kier molecular flexibility index (Phi) is 3.79. The Morgan fingerprint density at radius 3 is 2.00 bits per heavy atom. The fourth-order valence-corrected chi connectivity index (χ4v) is 0.815. The molecule has 0 bridgehead atoms. The smallest absolute Gasteiger partial charge is 0.306 e. The van der Waals surface area contributed by atoms with E-state index in [0.29, 0.717) is 6.42 Å². The van der Waals surface area contributed by atoms with Gasteiger partial charge in [-0.25, -0.2) is 0 Å². The van der Waals surface area contributed by atoms with E-state index in [1.54, 1.807) is 20.8 Å². The van der Waals surface area contributed by atoms with Crippen LogP contribution in [-0.4, -0.2) is 16.9 Å². The zero-order valence-electron chi connectivity index (χ0n) is 7.13. The number of aliphatic carboxylic acids is 1. The molecule has 0 rings (SSSR count). The number of hydrogen-bond acceptors (Lipinski definition) is 2. The maximum absolute atomic E-state index is 11.0. The van der Waals surface area contributed by atoms with Gasteiger partial charge in [-0.3, -0.25) is 9.59 Å². The molecule has 2 atom stereocenters. The molecule has 64 valence electrons. The van der Waals surface area contributed by atoms with Crippen LogP contribution in [0.5, 0.6) is 0 Å². The van der Waals surface area contributed by atoms with Crippen LogP contribution in [0, 0.1) is 11.8 Å². The summed E-state index contributed by atoms with van der Waals surface area (Å²) in [5.41, 5.74) is 0. The molecule has 0 aliphatic heterocycles. The van der Waals surface area contributed by atoms with Gasteiger partial charge in [0.05, 0.1) is 5.92 Å². The third kappa shape index (κ3) is 2.70. The average molecular weight is 158 g/mol. The summed E-state index contributed by atoms with van der Waals surface area (Å²) in [6, 6.07) is 0. The van der Waals surface area contributed by atoms with Crippen molar-refractivity contribution in [2.75, 3.05) is 0 Å². The van der Waals surface area contributed by atoms with Crippen LogP contribution >= 0.6 is 0 Å². The zero-order chi connectivity index (χ0) is 9.02. The lowest BCUT2D eigenvalue weighted by molar-refractivity contribution is -0.145. The SMILES string of the molecule is CCC(=O)[C@H](C)[C@H](C)C(=O)O. The van der Waals surface area contributed by atoms with Crippen molar-refractivity contribution in [3.63, 3.8) is 0 Å². The molecule has 0 amide bonds. The molecule has 0 aromatic carbocycles. The fourth-order valence-electron chi connectivity index (χ4n) is 0.815. The normalized spacial score (nSPS) is 15.5. The molecule has 0 heterocycles. The molecule has 0 aromatic heterocycles. The standard InChI is InChI=1S/C8H14O3/c1-4-7(9)5(2)6(3)8(10)11/h5-6H,4H2,1-3H3,(H,10,11)/t5-,6+/m1/s1. The Morgan fingerprint density at radius 2 is 1.73 bits per heavy atom. The maximum atomic E-state index is 11.0. The summed E-state index contributed by atoms with van der Waals surface area (Å²) in [5, 5.41) is 8.54. The fraction of sp³-hybridized carbons (Fsp3) is 0.750. The van der Waals surface area contributed by atoms with Crippen molar-refractivity contribution in [2.45, 2.75) is 27.2 Å². The zero-order valence-corrected chi connectivity index (χ0v) is 7.13. The monoisotopic (exact) mass is 158 g/mol. The Labute approximate surface area is 66.4 Å². The van der Waals surface area contributed by atoms with Crippen LogP contribution in [0.4, 0.5) is 0 Å². The maximum Gasteiger partial charge on any atom is 0.306 e. The van der Waals surface area contributed by atoms with E-state index in [-0.39, 0.29) is 11.7 Å². The van der Waals surface area contributed by atoms with Crippen molar-refractivity contribution in [3.8, 4) is 0 Å². The Morgan fingerprint density at radius 1 is 1.27 bits per heavy atom. The molecule has 0 saturated heterocycles. The van der Waals surface area contributed by atoms with Gasteiger partial charge in [-0.1, -0.05) is 20.8 Å². The minimum absolute atomic E-state index is 0.0138. The van der Waals surface area contributed by atoms with Crippen LogP contribution < -0.4 is 0 Å². The molecule has 0 unspecified atom stereocenters. The van der Waals surface area contributed by atoms with Crippen LogP contribution in [0.3, 0.4) is 0 Å². The van der Waals surface area contributed by atoms with Crippen molar-refractivity contribution in [1.29, 1.82) is 0 Å². The van der Waals surface area contributed by atoms with E-state index in [4.69, 9.17) is 5.11 Å². The number of carbonyl (C=O) groups is 2. The minimum atomic E-state index is -0.903. The first kappa shape index (κ1) is 10.1. The van der Waals surface area contributed by atoms with E-state index in [0.717, 1.165) is 0 Å². The summed E-state index contributed by atoms with van der Waals surface area (Å²) in [5.74, 6) is -1.82. The largest absolute Gasteiger partial charge is 0.481 e. The third-order valence-corrected chi connectivity index (χ3v) is 2.00. The topological polar surface area (TPSA) is 54.4 Å². The second-order valence-corrected chi connectivity index (χ2v) is 2.74. The summed E-state index contributed by atoms with van der Waals surface area (Å²) in [6.07, 6.45) is 0.415. The number of carboxylic acids is 1. The summed E-state index contributed by atoms with van der Waals surface area (Å²) < 4.78 is 0. The van der Waals surface area contributed by atoms with Crippen LogP contribution in [-0.2, 0) is 9.59 Å². The average Bonchev–Trinajstić information content (AvgIpc) is 2.00. The summed E-state index contributed by atoms with van der Waals surface area (Å²) >= 11 is 0. The molecule has 0 fully saturated rings. The van der Waals surface area contributed by atoms with Gasteiger partial charge >= 0.3 is 5.97 Å². The lowest BCUT2D eigenvalue weighted by atomic mass is 9.91. The highest BCUT2D eigenvalue weighted by Gasteiger charge is 2.23. The predicted molar refractivity (Wildman–Crippen MR) is 41.3 cm³/mol. The first-order chi connectivity index (χ1) is 5.00. The number of ketones is 1. The first-order valence-electron chi connectivity index (χ1n) is 3.76. The molecule has 0 aliphatic rings. The van der Waals surface area contributed by atoms with E-state index in [9.17, 15) is 9.59 Å². The first-order valence-corrected chi connectivity index (χ1v) is 3.76. The van der Waals surface area contributed by atoms with Gasteiger partial charge in [0.25, 0.3) is 0 Å². The molecular formula is C8H14O3. The van der Waals surface area contributed by atoms with Crippen molar-refractivity contribution in [3.05, 3.63) is 0 Å². The summed E-state index contributed by atoms with van der Waals surface area (Å²) in [4.78, 5) is 21.4. The molecule has 11 heavy (non-hydrogen) atoms. The van der Waals surface area contributed by atoms with Crippen molar-refractivity contribution in [2.24, 2.45) is 11.8 Å². The molecule has 0 radical (unpaired) electrons. The molecule has 3 heteroatoms. The molecule has 0 spiro atoms. The van der Waals surface area contributed by atoms with E-state index in [2.05, 4.69) is 0 Å². The van der Waals surface area contributed by atoms with Gasteiger partial charge in [0.2, 0.25) is 0 Å². The highest BCUT2D eigenvalue weighted by atomic mass is 16.4. The van der Waals surface area contributed by atoms with E-state index < -0.39 is 11.9 Å². The quantitative estimate of drug-likeness (QED) is 0.671. The van der Waals surface area contributed by atoms with Gasteiger partial charge in [0, 0.05) is 12.3 Å². The van der Waals surface area contributed by atoms with Crippen molar-refractivity contribution >= 4 is 11.8 Å². The Hall–Kier alpha value is -0.860. The van der Waals surface area contributed by atoms with Gasteiger partial charge in [-0.05, 0) is 0 Å². The molecule has 0 aliphatic carbocycles. The number of Topliss-reactive ketones (excluding diaryl/α,β-unsaturated/α-hetero) is 1. The van der Waals surface area contributed by atoms with Crippen molar-refractivity contribution < 1.29 is 14.7 Å². The number of carboxylic acid groups (broad SMARTS) is 1. The van der Waals surface area contributed by atoms with Crippen LogP contribution in [0.25, 0.3) is 0 Å². The highest BCUT2D eigenvalue weighted by molar-refractivity contribution is 5.85.